The third-order valence-electron chi connectivity index (χ3n) is 5.42. The first-order chi connectivity index (χ1) is 16.2. The Balaban J connectivity index is 1.20. The van der Waals surface area contributed by atoms with Crippen molar-refractivity contribution >= 4 is 23.4 Å². The molecular weight excluding hydrogens is 420 g/mol. The highest BCUT2D eigenvalue weighted by Gasteiger charge is 2.26. The summed E-state index contributed by atoms with van der Waals surface area (Å²) in [7, 11) is 0. The summed E-state index contributed by atoms with van der Waals surface area (Å²) in [5.41, 5.74) is 0.936. The standard InChI is InChI=1S/C22H22N10O/c1-16-15-30(19-4-2-3-7-23-19)10-11-31(16)22-25-13-18(14-26-22)28-21(33)17-5-6-20(24-12-17)32-9-8-27-29-32/h2-9,12-14,16H,10-11,15H2,1H3,(H,28,33)/t16-/m0/s1. The van der Waals surface area contributed by atoms with Gasteiger partial charge in [0.25, 0.3) is 5.91 Å². The van der Waals surface area contributed by atoms with Gasteiger partial charge in [0.05, 0.1) is 36.0 Å². The van der Waals surface area contributed by atoms with Gasteiger partial charge in [-0.25, -0.2) is 24.6 Å². The van der Waals surface area contributed by atoms with E-state index in [1.165, 1.54) is 10.9 Å². The first-order valence-electron chi connectivity index (χ1n) is 10.6. The van der Waals surface area contributed by atoms with Gasteiger partial charge in [-0.3, -0.25) is 4.79 Å². The normalized spacial score (nSPS) is 16.0. The number of rotatable bonds is 5. The molecule has 1 aliphatic rings. The maximum absolute atomic E-state index is 12.6. The number of hydrogen-bond acceptors (Lipinski definition) is 9. The van der Waals surface area contributed by atoms with Crippen molar-refractivity contribution in [3.8, 4) is 5.82 Å². The maximum atomic E-state index is 12.6. The van der Waals surface area contributed by atoms with Crippen molar-refractivity contribution in [2.75, 3.05) is 34.8 Å². The van der Waals surface area contributed by atoms with Crippen LogP contribution in [-0.4, -0.2) is 66.5 Å². The second-order valence-electron chi connectivity index (χ2n) is 7.65. The molecule has 0 saturated carbocycles. The number of amides is 1. The molecule has 1 aliphatic heterocycles. The van der Waals surface area contributed by atoms with Crippen LogP contribution in [0.25, 0.3) is 5.82 Å². The van der Waals surface area contributed by atoms with E-state index in [-0.39, 0.29) is 11.9 Å². The van der Waals surface area contributed by atoms with E-state index < -0.39 is 0 Å². The predicted octanol–water partition coefficient (Wildman–Crippen LogP) is 1.81. The average Bonchev–Trinajstić information content (AvgIpc) is 3.40. The molecule has 0 unspecified atom stereocenters. The lowest BCUT2D eigenvalue weighted by molar-refractivity contribution is 0.102. The fourth-order valence-corrected chi connectivity index (χ4v) is 3.73. The molecule has 1 atom stereocenters. The predicted molar refractivity (Wildman–Crippen MR) is 122 cm³/mol. The van der Waals surface area contributed by atoms with Crippen molar-refractivity contribution in [3.05, 3.63) is 73.1 Å². The number of nitrogens with one attached hydrogen (secondary N) is 1. The summed E-state index contributed by atoms with van der Waals surface area (Å²) >= 11 is 0. The summed E-state index contributed by atoms with van der Waals surface area (Å²) in [6.07, 6.45) is 9.78. The van der Waals surface area contributed by atoms with Gasteiger partial charge in [0.15, 0.2) is 5.82 Å². The molecule has 4 aromatic rings. The number of nitrogens with zero attached hydrogens (tertiary/aromatic N) is 9. The molecule has 11 heteroatoms. The molecule has 11 nitrogen and oxygen atoms in total. The van der Waals surface area contributed by atoms with Crippen LogP contribution in [-0.2, 0) is 0 Å². The minimum Gasteiger partial charge on any atom is -0.353 e. The summed E-state index contributed by atoms with van der Waals surface area (Å²) in [4.78, 5) is 34.6. The van der Waals surface area contributed by atoms with E-state index in [0.29, 0.717) is 23.0 Å². The van der Waals surface area contributed by atoms with Crippen LogP contribution in [0.1, 0.15) is 17.3 Å². The summed E-state index contributed by atoms with van der Waals surface area (Å²) in [5.74, 6) is 1.90. The van der Waals surface area contributed by atoms with Crippen LogP contribution >= 0.6 is 0 Å². The number of pyridine rings is 2. The molecule has 166 valence electrons. The molecule has 5 rings (SSSR count). The molecule has 1 fully saturated rings. The number of piperazine rings is 1. The third kappa shape index (κ3) is 4.47. The van der Waals surface area contributed by atoms with E-state index in [0.717, 1.165) is 25.5 Å². The van der Waals surface area contributed by atoms with Crippen LogP contribution in [0, 0.1) is 0 Å². The fraction of sp³-hybridized carbons (Fsp3) is 0.227. The van der Waals surface area contributed by atoms with Crippen LogP contribution < -0.4 is 15.1 Å². The Labute approximate surface area is 190 Å². The lowest BCUT2D eigenvalue weighted by atomic mass is 10.2. The van der Waals surface area contributed by atoms with Crippen LogP contribution in [0.4, 0.5) is 17.5 Å². The van der Waals surface area contributed by atoms with E-state index in [9.17, 15) is 4.79 Å². The Morgan fingerprint density at radius 3 is 2.52 bits per heavy atom. The first kappa shape index (κ1) is 20.5. The van der Waals surface area contributed by atoms with Crippen molar-refractivity contribution in [1.82, 2.24) is 34.9 Å². The number of aromatic nitrogens is 7. The molecule has 0 spiro atoms. The number of carbonyl (C=O) groups excluding carboxylic acids is 1. The minimum absolute atomic E-state index is 0.218. The Bertz CT molecular complexity index is 1200. The van der Waals surface area contributed by atoms with E-state index in [2.05, 4.69) is 52.3 Å². The topological polar surface area (TPSA) is 118 Å². The third-order valence-corrected chi connectivity index (χ3v) is 5.42. The van der Waals surface area contributed by atoms with Gasteiger partial charge < -0.3 is 15.1 Å². The molecule has 0 bridgehead atoms. The molecule has 4 aromatic heterocycles. The second kappa shape index (κ2) is 8.99. The maximum Gasteiger partial charge on any atom is 0.257 e. The molecule has 1 N–H and O–H groups in total. The zero-order chi connectivity index (χ0) is 22.6. The quantitative estimate of drug-likeness (QED) is 0.494. The lowest BCUT2D eigenvalue weighted by Crippen LogP contribution is -2.53. The zero-order valence-corrected chi connectivity index (χ0v) is 18.0. The first-order valence-corrected chi connectivity index (χ1v) is 10.6. The largest absolute Gasteiger partial charge is 0.353 e. The van der Waals surface area contributed by atoms with Crippen molar-refractivity contribution in [3.63, 3.8) is 0 Å². The van der Waals surface area contributed by atoms with Gasteiger partial charge in [-0.05, 0) is 31.2 Å². The highest BCUT2D eigenvalue weighted by Crippen LogP contribution is 2.20. The van der Waals surface area contributed by atoms with Gasteiger partial charge in [-0.15, -0.1) is 5.10 Å². The van der Waals surface area contributed by atoms with Gasteiger partial charge in [-0.2, -0.15) is 0 Å². The summed E-state index contributed by atoms with van der Waals surface area (Å²) in [6, 6.07) is 9.54. The van der Waals surface area contributed by atoms with E-state index in [1.54, 1.807) is 36.9 Å². The Hall–Kier alpha value is -4.41. The molecule has 5 heterocycles. The fourth-order valence-electron chi connectivity index (χ4n) is 3.73. The SMILES string of the molecule is C[C@H]1CN(c2ccccn2)CCN1c1ncc(NC(=O)c2ccc(-n3ccnn3)nc2)cn1. The van der Waals surface area contributed by atoms with Gasteiger partial charge in [0.1, 0.15) is 5.82 Å². The smallest absolute Gasteiger partial charge is 0.257 e. The highest BCUT2D eigenvalue weighted by atomic mass is 16.1. The lowest BCUT2D eigenvalue weighted by Gasteiger charge is -2.40. The minimum atomic E-state index is -0.290. The van der Waals surface area contributed by atoms with Crippen LogP contribution in [0.3, 0.4) is 0 Å². The van der Waals surface area contributed by atoms with Crippen LogP contribution in [0.5, 0.6) is 0 Å². The van der Waals surface area contributed by atoms with Crippen molar-refractivity contribution in [2.24, 2.45) is 0 Å². The Kier molecular flexibility index (Phi) is 5.58. The second-order valence-corrected chi connectivity index (χ2v) is 7.65. The summed E-state index contributed by atoms with van der Waals surface area (Å²) in [6.45, 7) is 4.59. The van der Waals surface area contributed by atoms with Crippen molar-refractivity contribution < 1.29 is 4.79 Å². The van der Waals surface area contributed by atoms with E-state index in [1.807, 2.05) is 24.4 Å². The monoisotopic (exact) mass is 442 g/mol. The van der Waals surface area contributed by atoms with Crippen molar-refractivity contribution in [2.45, 2.75) is 13.0 Å². The summed E-state index contributed by atoms with van der Waals surface area (Å²) < 4.78 is 1.52. The van der Waals surface area contributed by atoms with Crippen molar-refractivity contribution in [1.29, 1.82) is 0 Å². The van der Waals surface area contributed by atoms with E-state index >= 15 is 0 Å². The highest BCUT2D eigenvalue weighted by molar-refractivity contribution is 6.03. The number of carbonyl (C=O) groups is 1. The zero-order valence-electron chi connectivity index (χ0n) is 18.0. The molecule has 33 heavy (non-hydrogen) atoms. The van der Waals surface area contributed by atoms with Crippen LogP contribution in [0.15, 0.2) is 67.5 Å². The Morgan fingerprint density at radius 1 is 0.970 bits per heavy atom. The summed E-state index contributed by atoms with van der Waals surface area (Å²) in [5, 5.41) is 10.4. The molecule has 1 amide bonds. The number of anilines is 3. The molecule has 0 aliphatic carbocycles. The van der Waals surface area contributed by atoms with Gasteiger partial charge in [0, 0.05) is 38.1 Å². The van der Waals surface area contributed by atoms with E-state index in [4.69, 9.17) is 0 Å². The molecule has 0 radical (unpaired) electrons. The molecule has 1 saturated heterocycles. The average molecular weight is 442 g/mol. The Morgan fingerprint density at radius 2 is 1.85 bits per heavy atom. The van der Waals surface area contributed by atoms with Gasteiger partial charge >= 0.3 is 0 Å². The molecule has 0 aromatic carbocycles. The van der Waals surface area contributed by atoms with Crippen LogP contribution in [0.2, 0.25) is 0 Å². The van der Waals surface area contributed by atoms with Gasteiger partial charge in [-0.1, -0.05) is 11.3 Å². The number of hydrogen-bond donors (Lipinski definition) is 1. The molecular formula is C22H22N10O. The van der Waals surface area contributed by atoms with Gasteiger partial charge in [0.2, 0.25) is 5.95 Å².